The summed E-state index contributed by atoms with van der Waals surface area (Å²) in [4.78, 5) is 32.9. The van der Waals surface area contributed by atoms with Gasteiger partial charge in [0.2, 0.25) is 5.82 Å². The lowest BCUT2D eigenvalue weighted by molar-refractivity contribution is -0.117. The Morgan fingerprint density at radius 1 is 0.871 bits per heavy atom. The Morgan fingerprint density at radius 3 is 2.32 bits per heavy atom. The molecular weight excluding hydrogens is 392 g/mol. The molecule has 0 aliphatic heterocycles. The lowest BCUT2D eigenvalue weighted by Gasteiger charge is -2.05. The van der Waals surface area contributed by atoms with Crippen LogP contribution in [0.15, 0.2) is 91.3 Å². The molecule has 0 saturated heterocycles. The molecule has 0 spiro atoms. The van der Waals surface area contributed by atoms with Gasteiger partial charge in [0.15, 0.2) is 5.82 Å². The van der Waals surface area contributed by atoms with E-state index in [-0.39, 0.29) is 5.82 Å². The number of hydrazine groups is 1. The number of nitrogens with one attached hydrogen (secondary N) is 2. The van der Waals surface area contributed by atoms with Crippen LogP contribution in [0.1, 0.15) is 16.2 Å². The maximum absolute atomic E-state index is 12.6. The topological polar surface area (TPSA) is 102 Å². The Labute approximate surface area is 178 Å². The van der Waals surface area contributed by atoms with Crippen molar-refractivity contribution in [3.05, 3.63) is 103 Å². The highest BCUT2D eigenvalue weighted by atomic mass is 16.2. The van der Waals surface area contributed by atoms with Gasteiger partial charge in [-0.3, -0.25) is 25.4 Å². The largest absolute Gasteiger partial charge is 0.309 e. The van der Waals surface area contributed by atoms with Crippen molar-refractivity contribution >= 4 is 17.9 Å². The highest BCUT2D eigenvalue weighted by Gasteiger charge is 2.18. The number of benzene rings is 2. The molecule has 152 valence electrons. The van der Waals surface area contributed by atoms with E-state index in [0.29, 0.717) is 5.82 Å². The van der Waals surface area contributed by atoms with E-state index in [0.717, 1.165) is 16.8 Å². The van der Waals surface area contributed by atoms with Crippen LogP contribution in [0.25, 0.3) is 23.2 Å². The quantitative estimate of drug-likeness (QED) is 0.389. The molecule has 2 aromatic heterocycles. The molecule has 0 bridgehead atoms. The van der Waals surface area contributed by atoms with Gasteiger partial charge >= 0.3 is 5.91 Å². The van der Waals surface area contributed by atoms with Crippen LogP contribution >= 0.6 is 0 Å². The highest BCUT2D eigenvalue weighted by molar-refractivity contribution is 5.96. The second-order valence-electron chi connectivity index (χ2n) is 6.44. The van der Waals surface area contributed by atoms with Crippen molar-refractivity contribution in [2.45, 2.75) is 0 Å². The van der Waals surface area contributed by atoms with Gasteiger partial charge in [0, 0.05) is 24.0 Å². The van der Waals surface area contributed by atoms with E-state index in [1.165, 1.54) is 6.08 Å². The molecular formula is C23H18N6O2. The van der Waals surface area contributed by atoms with Gasteiger partial charge in [-0.05, 0) is 29.8 Å². The average Bonchev–Trinajstić information content (AvgIpc) is 3.29. The van der Waals surface area contributed by atoms with Gasteiger partial charge in [0.25, 0.3) is 5.91 Å². The Balaban J connectivity index is 1.51. The Bertz CT molecular complexity index is 1150. The molecule has 0 aliphatic rings. The fourth-order valence-electron chi connectivity index (χ4n) is 2.79. The van der Waals surface area contributed by atoms with Crippen LogP contribution in [0.5, 0.6) is 0 Å². The van der Waals surface area contributed by atoms with Gasteiger partial charge in [-0.25, -0.2) is 9.67 Å². The zero-order chi connectivity index (χ0) is 21.5. The Morgan fingerprint density at radius 2 is 1.61 bits per heavy atom. The van der Waals surface area contributed by atoms with Gasteiger partial charge in [0.05, 0.1) is 5.69 Å². The number of amides is 2. The van der Waals surface area contributed by atoms with Gasteiger partial charge in [0.1, 0.15) is 0 Å². The fraction of sp³-hybridized carbons (Fsp3) is 0. The second kappa shape index (κ2) is 9.27. The summed E-state index contributed by atoms with van der Waals surface area (Å²) in [6.45, 7) is 0. The smallest absolute Gasteiger partial charge is 0.268 e. The monoisotopic (exact) mass is 410 g/mol. The third-order valence-electron chi connectivity index (χ3n) is 4.25. The van der Waals surface area contributed by atoms with Crippen LogP contribution < -0.4 is 10.9 Å². The summed E-state index contributed by atoms with van der Waals surface area (Å²) in [5, 5.41) is 4.34. The molecule has 0 atom stereocenters. The van der Waals surface area contributed by atoms with Crippen LogP contribution in [0.2, 0.25) is 0 Å². The summed E-state index contributed by atoms with van der Waals surface area (Å²) in [5.41, 5.74) is 6.99. The van der Waals surface area contributed by atoms with Crippen molar-refractivity contribution in [1.29, 1.82) is 0 Å². The zero-order valence-corrected chi connectivity index (χ0v) is 16.3. The number of para-hydroxylation sites is 1. The van der Waals surface area contributed by atoms with E-state index in [2.05, 4.69) is 25.9 Å². The van der Waals surface area contributed by atoms with Crippen molar-refractivity contribution in [3.63, 3.8) is 0 Å². The Hall–Kier alpha value is -4.59. The molecule has 2 heterocycles. The number of hydrogen-bond acceptors (Lipinski definition) is 5. The molecule has 2 N–H and O–H groups in total. The highest BCUT2D eigenvalue weighted by Crippen LogP contribution is 2.20. The maximum Gasteiger partial charge on any atom is 0.309 e. The number of carbonyl (C=O) groups excluding carboxylic acids is 2. The standard InChI is InChI=1S/C23H18N6O2/c30-20(14-13-17-8-7-15-24-16-17)26-27-23(31)21-25-22(18-9-3-1-4-10-18)29(28-21)19-11-5-2-6-12-19/h1-16H,(H,26,30)(H,27,31)/b14-13+. The SMILES string of the molecule is O=C(/C=C/c1cccnc1)NNC(=O)c1nc(-c2ccccc2)n(-c2ccccc2)n1. The summed E-state index contributed by atoms with van der Waals surface area (Å²) in [6.07, 6.45) is 6.14. The maximum atomic E-state index is 12.6. The zero-order valence-electron chi connectivity index (χ0n) is 16.3. The first-order chi connectivity index (χ1) is 15.2. The molecule has 2 amide bonds. The molecule has 8 heteroatoms. The molecule has 4 aromatic rings. The Kier molecular flexibility index (Phi) is 5.90. The molecule has 0 unspecified atom stereocenters. The number of hydrogen-bond donors (Lipinski definition) is 2. The summed E-state index contributed by atoms with van der Waals surface area (Å²) < 4.78 is 1.59. The molecule has 8 nitrogen and oxygen atoms in total. The summed E-state index contributed by atoms with van der Waals surface area (Å²) in [5.74, 6) is -0.683. The van der Waals surface area contributed by atoms with Crippen molar-refractivity contribution in [3.8, 4) is 17.1 Å². The number of pyridine rings is 1. The molecule has 0 fully saturated rings. The number of aromatic nitrogens is 4. The molecule has 31 heavy (non-hydrogen) atoms. The number of rotatable bonds is 5. The first kappa shape index (κ1) is 19.7. The molecule has 2 aromatic carbocycles. The number of carbonyl (C=O) groups is 2. The van der Waals surface area contributed by atoms with E-state index in [1.807, 2.05) is 60.7 Å². The third kappa shape index (κ3) is 4.88. The lowest BCUT2D eigenvalue weighted by atomic mass is 10.2. The third-order valence-corrected chi connectivity index (χ3v) is 4.25. The summed E-state index contributed by atoms with van der Waals surface area (Å²) >= 11 is 0. The molecule has 4 rings (SSSR count). The minimum atomic E-state index is -0.630. The normalized spacial score (nSPS) is 10.7. The van der Waals surface area contributed by atoms with Gasteiger partial charge in [-0.15, -0.1) is 5.10 Å². The first-order valence-electron chi connectivity index (χ1n) is 9.47. The first-order valence-corrected chi connectivity index (χ1v) is 9.47. The molecule has 0 aliphatic carbocycles. The predicted molar refractivity (Wildman–Crippen MR) is 116 cm³/mol. The fourth-order valence-corrected chi connectivity index (χ4v) is 2.79. The predicted octanol–water partition coefficient (Wildman–Crippen LogP) is 2.80. The van der Waals surface area contributed by atoms with Gasteiger partial charge < -0.3 is 0 Å². The van der Waals surface area contributed by atoms with E-state index in [1.54, 1.807) is 35.3 Å². The second-order valence-corrected chi connectivity index (χ2v) is 6.44. The van der Waals surface area contributed by atoms with E-state index in [9.17, 15) is 9.59 Å². The summed E-state index contributed by atoms with van der Waals surface area (Å²) in [6, 6.07) is 22.4. The minimum absolute atomic E-state index is 0.0701. The van der Waals surface area contributed by atoms with E-state index in [4.69, 9.17) is 0 Å². The van der Waals surface area contributed by atoms with Crippen LogP contribution in [0.3, 0.4) is 0 Å². The minimum Gasteiger partial charge on any atom is -0.268 e. The number of nitrogens with zero attached hydrogens (tertiary/aromatic N) is 4. The van der Waals surface area contributed by atoms with Crippen molar-refractivity contribution in [2.75, 3.05) is 0 Å². The van der Waals surface area contributed by atoms with Crippen molar-refractivity contribution in [1.82, 2.24) is 30.6 Å². The van der Waals surface area contributed by atoms with Crippen LogP contribution in [0.4, 0.5) is 0 Å². The van der Waals surface area contributed by atoms with E-state index >= 15 is 0 Å². The van der Waals surface area contributed by atoms with Crippen LogP contribution in [-0.2, 0) is 4.79 Å². The van der Waals surface area contributed by atoms with Gasteiger partial charge in [-0.1, -0.05) is 54.6 Å². The van der Waals surface area contributed by atoms with Crippen molar-refractivity contribution in [2.24, 2.45) is 0 Å². The van der Waals surface area contributed by atoms with E-state index < -0.39 is 11.8 Å². The average molecular weight is 410 g/mol. The van der Waals surface area contributed by atoms with Crippen molar-refractivity contribution < 1.29 is 9.59 Å². The van der Waals surface area contributed by atoms with Crippen LogP contribution in [-0.4, -0.2) is 31.6 Å². The van der Waals surface area contributed by atoms with Gasteiger partial charge in [-0.2, -0.15) is 0 Å². The summed E-state index contributed by atoms with van der Waals surface area (Å²) in [7, 11) is 0. The lowest BCUT2D eigenvalue weighted by Crippen LogP contribution is -2.41. The van der Waals surface area contributed by atoms with Crippen LogP contribution in [0, 0.1) is 0 Å². The molecule has 0 radical (unpaired) electrons. The molecule has 0 saturated carbocycles.